The first-order valence-electron chi connectivity index (χ1n) is 8.39. The number of hydrogen-bond donors (Lipinski definition) is 4. The zero-order valence-electron chi connectivity index (χ0n) is 14.8. The molecule has 0 amide bonds. The summed E-state index contributed by atoms with van der Waals surface area (Å²) in [4.78, 5) is 10.7. The predicted octanol–water partition coefficient (Wildman–Crippen LogP) is 2.96. The van der Waals surface area contributed by atoms with Gasteiger partial charge in [0.2, 0.25) is 0 Å². The van der Waals surface area contributed by atoms with Gasteiger partial charge in [-0.2, -0.15) is 18.3 Å². The molecule has 5 N–H and O–H groups in total. The molecular formula is C17H21F3N4O3S. The average molecular weight is 418 g/mol. The number of nitrogens with one attached hydrogen (secondary N) is 2. The summed E-state index contributed by atoms with van der Waals surface area (Å²) in [5.74, 6) is -4.03. The Hall–Kier alpha value is -2.40. The summed E-state index contributed by atoms with van der Waals surface area (Å²) < 4.78 is 60.5. The number of halogens is 3. The monoisotopic (exact) mass is 418 g/mol. The number of nitrogens with two attached hydrogens (primary N) is 1. The Morgan fingerprint density at radius 3 is 2.32 bits per heavy atom. The van der Waals surface area contributed by atoms with Gasteiger partial charge in [-0.05, 0) is 24.5 Å². The van der Waals surface area contributed by atoms with Gasteiger partial charge < -0.3 is 10.8 Å². The molecule has 0 saturated heterocycles. The number of H-pyrrole nitrogens is 1. The van der Waals surface area contributed by atoms with Crippen LogP contribution in [0.25, 0.3) is 11.3 Å². The van der Waals surface area contributed by atoms with Crippen LogP contribution in [0.1, 0.15) is 24.3 Å². The first-order valence-corrected chi connectivity index (χ1v) is 10.3. The Bertz CT molecular complexity index is 881. The van der Waals surface area contributed by atoms with Gasteiger partial charge in [-0.25, -0.2) is 4.21 Å². The van der Waals surface area contributed by atoms with Crippen molar-refractivity contribution in [2.24, 2.45) is 5.73 Å². The van der Waals surface area contributed by atoms with Crippen LogP contribution >= 0.6 is 0 Å². The van der Waals surface area contributed by atoms with E-state index < -0.39 is 46.0 Å². The number of carboxylic acids is 1. The minimum Gasteiger partial charge on any atom is -0.480 e. The molecule has 11 heteroatoms. The van der Waals surface area contributed by atoms with Gasteiger partial charge in [-0.15, -0.1) is 0 Å². The molecule has 1 aromatic heterocycles. The van der Waals surface area contributed by atoms with Crippen LogP contribution in [0.3, 0.4) is 0 Å². The minimum absolute atomic E-state index is 0.00391. The highest BCUT2D eigenvalue weighted by molar-refractivity contribution is 7.92. The van der Waals surface area contributed by atoms with E-state index in [0.29, 0.717) is 11.3 Å². The molecule has 2 unspecified atom stereocenters. The first-order chi connectivity index (χ1) is 13.0. The fourth-order valence-electron chi connectivity index (χ4n) is 2.68. The van der Waals surface area contributed by atoms with E-state index >= 15 is 0 Å². The van der Waals surface area contributed by atoms with E-state index in [-0.39, 0.29) is 17.7 Å². The smallest absolute Gasteiger partial charge is 0.395 e. The van der Waals surface area contributed by atoms with Crippen molar-refractivity contribution in [3.05, 3.63) is 42.1 Å². The minimum atomic E-state index is -4.57. The van der Waals surface area contributed by atoms with Crippen molar-refractivity contribution in [1.82, 2.24) is 10.2 Å². The van der Waals surface area contributed by atoms with Crippen molar-refractivity contribution in [1.29, 1.82) is 4.78 Å². The van der Waals surface area contributed by atoms with Crippen molar-refractivity contribution < 1.29 is 27.3 Å². The second-order valence-electron chi connectivity index (χ2n) is 6.42. The third-order valence-electron chi connectivity index (χ3n) is 4.32. The summed E-state index contributed by atoms with van der Waals surface area (Å²) in [7, 11) is -3.37. The molecular weight excluding hydrogens is 397 g/mol. The highest BCUT2D eigenvalue weighted by atomic mass is 32.2. The molecule has 2 rings (SSSR count). The number of hydrogen-bond acceptors (Lipinski definition) is 5. The van der Waals surface area contributed by atoms with E-state index in [2.05, 4.69) is 10.2 Å². The highest BCUT2D eigenvalue weighted by Crippen LogP contribution is 2.38. The van der Waals surface area contributed by atoms with Gasteiger partial charge in [0.1, 0.15) is 6.04 Å². The van der Waals surface area contributed by atoms with E-state index in [1.165, 1.54) is 24.3 Å². The molecule has 7 nitrogen and oxygen atoms in total. The number of nitrogens with zero attached hydrogens (tertiary/aromatic N) is 1. The summed E-state index contributed by atoms with van der Waals surface area (Å²) >= 11 is 0. The van der Waals surface area contributed by atoms with Gasteiger partial charge in [-0.1, -0.05) is 24.3 Å². The van der Waals surface area contributed by atoms with E-state index in [0.717, 1.165) is 0 Å². The largest absolute Gasteiger partial charge is 0.480 e. The number of aromatic nitrogens is 2. The number of carbonyl (C=O) groups is 1. The molecule has 0 aliphatic heterocycles. The van der Waals surface area contributed by atoms with Crippen LogP contribution in [0.4, 0.5) is 13.2 Å². The van der Waals surface area contributed by atoms with Crippen LogP contribution in [0.2, 0.25) is 0 Å². The van der Waals surface area contributed by atoms with Crippen molar-refractivity contribution in [2.75, 3.05) is 11.5 Å². The predicted molar refractivity (Wildman–Crippen MR) is 98.3 cm³/mol. The SMILES string of the molecule is N=S(=O)(CCC(c1ccc(-c2cc[nH]n2)cc1)C(F)(F)F)CC[C@H](N)C(=O)O. The molecule has 0 aliphatic rings. The van der Waals surface area contributed by atoms with Crippen LogP contribution in [0.5, 0.6) is 0 Å². The van der Waals surface area contributed by atoms with Gasteiger partial charge in [-0.3, -0.25) is 14.7 Å². The van der Waals surface area contributed by atoms with Crippen LogP contribution < -0.4 is 5.73 Å². The van der Waals surface area contributed by atoms with Gasteiger partial charge >= 0.3 is 12.1 Å². The Balaban J connectivity index is 2.09. The summed E-state index contributed by atoms with van der Waals surface area (Å²) in [5, 5.41) is 15.3. The van der Waals surface area contributed by atoms with Gasteiger partial charge in [0.15, 0.2) is 0 Å². The maximum atomic E-state index is 13.5. The summed E-state index contributed by atoms with van der Waals surface area (Å²) in [6.07, 6.45) is -3.73. The number of alkyl halides is 3. The standard InChI is InChI=1S/C17H21F3N4O3S/c18-17(19,20)13(6-9-28(22,27)10-7-14(21)16(25)26)11-1-3-12(4-2-11)15-5-8-23-24-15/h1-5,8,13-14,22H,6-7,9-10,21H2,(H,23,24)(H,25,26)/t13?,14-,28?/m0/s1. The number of aliphatic carboxylic acids is 1. The van der Waals surface area contributed by atoms with Gasteiger partial charge in [0.05, 0.1) is 11.6 Å². The van der Waals surface area contributed by atoms with Gasteiger partial charge in [0.25, 0.3) is 0 Å². The van der Waals surface area contributed by atoms with Gasteiger partial charge in [0, 0.05) is 33.0 Å². The van der Waals surface area contributed by atoms with Crippen molar-refractivity contribution in [3.63, 3.8) is 0 Å². The summed E-state index contributed by atoms with van der Waals surface area (Å²) in [6, 6.07) is 6.12. The van der Waals surface area contributed by atoms with E-state index in [1.54, 1.807) is 12.3 Å². The zero-order chi connectivity index (χ0) is 20.9. The molecule has 0 bridgehead atoms. The first kappa shape index (κ1) is 21.9. The van der Waals surface area contributed by atoms with Crippen molar-refractivity contribution in [3.8, 4) is 11.3 Å². The molecule has 0 radical (unpaired) electrons. The summed E-state index contributed by atoms with van der Waals surface area (Å²) in [5.41, 5.74) is 6.55. The topological polar surface area (TPSA) is 133 Å². The summed E-state index contributed by atoms with van der Waals surface area (Å²) in [6.45, 7) is 0. The normalized spacial score (nSPS) is 16.3. The van der Waals surface area contributed by atoms with Crippen LogP contribution in [0.15, 0.2) is 36.5 Å². The second kappa shape index (κ2) is 8.74. The van der Waals surface area contributed by atoms with E-state index in [1.807, 2.05) is 0 Å². The Kier molecular flexibility index (Phi) is 6.83. The molecule has 0 fully saturated rings. The number of benzene rings is 1. The molecule has 28 heavy (non-hydrogen) atoms. The molecule has 1 aromatic carbocycles. The number of rotatable bonds is 9. The van der Waals surface area contributed by atoms with Crippen LogP contribution in [-0.4, -0.2) is 49.2 Å². The van der Waals surface area contributed by atoms with E-state index in [9.17, 15) is 22.2 Å². The van der Waals surface area contributed by atoms with Crippen molar-refractivity contribution in [2.45, 2.75) is 31.0 Å². The Labute approximate surface area is 160 Å². The fourth-order valence-corrected chi connectivity index (χ4v) is 4.13. The third kappa shape index (κ3) is 6.06. The highest BCUT2D eigenvalue weighted by Gasteiger charge is 2.40. The third-order valence-corrected chi connectivity index (χ3v) is 6.11. The fraction of sp³-hybridized carbons (Fsp3) is 0.412. The molecule has 0 saturated carbocycles. The molecule has 3 atom stereocenters. The number of carboxylic acid groups (broad SMARTS) is 1. The lowest BCUT2D eigenvalue weighted by Crippen LogP contribution is -2.32. The maximum Gasteiger partial charge on any atom is 0.395 e. The molecule has 2 aromatic rings. The second-order valence-corrected chi connectivity index (χ2v) is 8.86. The molecule has 1 heterocycles. The Morgan fingerprint density at radius 1 is 1.21 bits per heavy atom. The molecule has 154 valence electrons. The van der Waals surface area contributed by atoms with Crippen LogP contribution in [-0.2, 0) is 14.5 Å². The lowest BCUT2D eigenvalue weighted by molar-refractivity contribution is -0.150. The number of aromatic amines is 1. The van der Waals surface area contributed by atoms with E-state index in [4.69, 9.17) is 15.6 Å². The average Bonchev–Trinajstić information content (AvgIpc) is 3.13. The molecule has 0 spiro atoms. The quantitative estimate of drug-likeness (QED) is 0.497. The maximum absolute atomic E-state index is 13.5. The van der Waals surface area contributed by atoms with Crippen molar-refractivity contribution >= 4 is 15.7 Å². The molecule has 0 aliphatic carbocycles. The van der Waals surface area contributed by atoms with Crippen LogP contribution in [0, 0.1) is 4.78 Å². The lowest BCUT2D eigenvalue weighted by atomic mass is 9.94. The zero-order valence-corrected chi connectivity index (χ0v) is 15.6. The lowest BCUT2D eigenvalue weighted by Gasteiger charge is -2.21. The Morgan fingerprint density at radius 2 is 1.82 bits per heavy atom.